The number of hydrogen-bond acceptors (Lipinski definition) is 3. The van der Waals surface area contributed by atoms with Crippen LogP contribution in [0.4, 0.5) is 11.4 Å². The van der Waals surface area contributed by atoms with Gasteiger partial charge in [0.15, 0.2) is 5.11 Å². The lowest BCUT2D eigenvalue weighted by Crippen LogP contribution is -2.34. The van der Waals surface area contributed by atoms with Crippen molar-refractivity contribution in [3.05, 3.63) is 120 Å². The molecule has 5 nitrogen and oxygen atoms in total. The number of hydrogen-bond donors (Lipinski definition) is 3. The highest BCUT2D eigenvalue weighted by Crippen LogP contribution is 2.23. The summed E-state index contributed by atoms with van der Waals surface area (Å²) < 4.78 is 0. The summed E-state index contributed by atoms with van der Waals surface area (Å²) in [6.45, 7) is 6.41. The van der Waals surface area contributed by atoms with Gasteiger partial charge in [0.05, 0.1) is 0 Å². The third-order valence-corrected chi connectivity index (χ3v) is 6.10. The first-order valence-corrected chi connectivity index (χ1v) is 12.4. The van der Waals surface area contributed by atoms with Gasteiger partial charge in [0, 0.05) is 22.5 Å². The van der Waals surface area contributed by atoms with E-state index >= 15 is 0 Å². The van der Waals surface area contributed by atoms with E-state index in [0.29, 0.717) is 22.5 Å². The van der Waals surface area contributed by atoms with Gasteiger partial charge in [0.1, 0.15) is 0 Å². The van der Waals surface area contributed by atoms with E-state index in [1.54, 1.807) is 36.4 Å². The average Bonchev–Trinajstić information content (AvgIpc) is 2.90. The average molecular weight is 508 g/mol. The standard InChI is InChI=1S/C31H29N3O2S/c1-31(2,3)25-15-13-24(14-16-25)28(35)32-26-17-19-27(20-18-26)33-30(37)34-29(36)23-11-9-22(10-12-23)21-7-5-4-6-8-21/h4-20H,1-3H3,(H,32,35)(H2,33,34,36,37). The fourth-order valence-corrected chi connectivity index (χ4v) is 3.95. The predicted molar refractivity (Wildman–Crippen MR) is 155 cm³/mol. The number of carbonyl (C=O) groups excluding carboxylic acids is 2. The molecule has 0 aliphatic heterocycles. The molecule has 0 spiro atoms. The van der Waals surface area contributed by atoms with E-state index in [1.807, 2.05) is 66.7 Å². The molecule has 0 atom stereocenters. The number of amides is 2. The normalized spacial score (nSPS) is 10.9. The lowest BCUT2D eigenvalue weighted by Gasteiger charge is -2.19. The molecule has 4 aromatic carbocycles. The largest absolute Gasteiger partial charge is 0.332 e. The van der Waals surface area contributed by atoms with Crippen molar-refractivity contribution in [1.82, 2.24) is 5.32 Å². The summed E-state index contributed by atoms with van der Waals surface area (Å²) in [6.07, 6.45) is 0. The van der Waals surface area contributed by atoms with Crippen molar-refractivity contribution >= 4 is 40.5 Å². The molecule has 0 fully saturated rings. The monoisotopic (exact) mass is 507 g/mol. The van der Waals surface area contributed by atoms with Crippen molar-refractivity contribution in [2.75, 3.05) is 10.6 Å². The summed E-state index contributed by atoms with van der Waals surface area (Å²) >= 11 is 5.31. The Kier molecular flexibility index (Phi) is 7.80. The zero-order valence-electron chi connectivity index (χ0n) is 21.0. The maximum absolute atomic E-state index is 12.6. The Morgan fingerprint density at radius 3 is 1.65 bits per heavy atom. The first kappa shape index (κ1) is 25.8. The Hall–Kier alpha value is -4.29. The molecule has 3 N–H and O–H groups in total. The minimum Gasteiger partial charge on any atom is -0.332 e. The number of benzene rings is 4. The van der Waals surface area contributed by atoms with Gasteiger partial charge < -0.3 is 10.6 Å². The molecular weight excluding hydrogens is 478 g/mol. The van der Waals surface area contributed by atoms with Crippen LogP contribution in [-0.4, -0.2) is 16.9 Å². The Bertz CT molecular complexity index is 1390. The quantitative estimate of drug-likeness (QED) is 0.254. The number of rotatable bonds is 5. The molecule has 0 bridgehead atoms. The molecule has 0 saturated heterocycles. The molecule has 4 rings (SSSR count). The lowest BCUT2D eigenvalue weighted by atomic mass is 9.87. The summed E-state index contributed by atoms with van der Waals surface area (Å²) in [5, 5.41) is 8.78. The molecule has 0 aliphatic rings. The molecule has 0 aliphatic carbocycles. The summed E-state index contributed by atoms with van der Waals surface area (Å²) in [7, 11) is 0. The maximum atomic E-state index is 12.6. The first-order chi connectivity index (χ1) is 17.7. The second-order valence-electron chi connectivity index (χ2n) is 9.71. The summed E-state index contributed by atoms with van der Waals surface area (Å²) in [4.78, 5) is 25.2. The topological polar surface area (TPSA) is 70.2 Å². The Balaban J connectivity index is 1.30. The third kappa shape index (κ3) is 6.90. The molecule has 4 aromatic rings. The van der Waals surface area contributed by atoms with Gasteiger partial charge in [-0.25, -0.2) is 0 Å². The van der Waals surface area contributed by atoms with Crippen molar-refractivity contribution in [3.63, 3.8) is 0 Å². The van der Waals surface area contributed by atoms with Crippen LogP contribution in [0, 0.1) is 0 Å². The van der Waals surface area contributed by atoms with Gasteiger partial charge in [-0.1, -0.05) is 75.4 Å². The summed E-state index contributed by atoms with van der Waals surface area (Å²) in [5.41, 5.74) is 5.78. The van der Waals surface area contributed by atoms with Crippen LogP contribution >= 0.6 is 12.2 Å². The molecule has 0 radical (unpaired) electrons. The van der Waals surface area contributed by atoms with Gasteiger partial charge in [-0.05, 0) is 82.9 Å². The van der Waals surface area contributed by atoms with E-state index in [1.165, 1.54) is 5.56 Å². The van der Waals surface area contributed by atoms with E-state index in [2.05, 4.69) is 36.7 Å². The van der Waals surface area contributed by atoms with Gasteiger partial charge in [0.25, 0.3) is 11.8 Å². The van der Waals surface area contributed by atoms with E-state index in [-0.39, 0.29) is 22.3 Å². The fourth-order valence-electron chi connectivity index (χ4n) is 3.74. The molecule has 0 saturated carbocycles. The SMILES string of the molecule is CC(C)(C)c1ccc(C(=O)Nc2ccc(NC(=S)NC(=O)c3ccc(-c4ccccc4)cc3)cc2)cc1. The van der Waals surface area contributed by atoms with Crippen LogP contribution in [-0.2, 0) is 5.41 Å². The van der Waals surface area contributed by atoms with E-state index in [9.17, 15) is 9.59 Å². The zero-order valence-corrected chi connectivity index (χ0v) is 21.9. The summed E-state index contributed by atoms with van der Waals surface area (Å²) in [6, 6.07) is 32.1. The molecule has 0 heterocycles. The third-order valence-electron chi connectivity index (χ3n) is 5.90. The van der Waals surface area contributed by atoms with Gasteiger partial charge >= 0.3 is 0 Å². The molecule has 37 heavy (non-hydrogen) atoms. The van der Waals surface area contributed by atoms with Crippen molar-refractivity contribution in [3.8, 4) is 11.1 Å². The number of anilines is 2. The van der Waals surface area contributed by atoms with E-state index in [0.717, 1.165) is 11.1 Å². The van der Waals surface area contributed by atoms with Crippen molar-refractivity contribution < 1.29 is 9.59 Å². The highest BCUT2D eigenvalue weighted by atomic mass is 32.1. The predicted octanol–water partition coefficient (Wildman–Crippen LogP) is 7.03. The van der Waals surface area contributed by atoms with Crippen molar-refractivity contribution in [1.29, 1.82) is 0 Å². The van der Waals surface area contributed by atoms with Crippen LogP contribution in [0.2, 0.25) is 0 Å². The van der Waals surface area contributed by atoms with Gasteiger partial charge in [0.2, 0.25) is 0 Å². The van der Waals surface area contributed by atoms with Gasteiger partial charge in [-0.15, -0.1) is 0 Å². The van der Waals surface area contributed by atoms with E-state index < -0.39 is 0 Å². The Labute approximate surface area is 222 Å². The van der Waals surface area contributed by atoms with Crippen molar-refractivity contribution in [2.45, 2.75) is 26.2 Å². The zero-order chi connectivity index (χ0) is 26.4. The highest BCUT2D eigenvalue weighted by Gasteiger charge is 2.14. The lowest BCUT2D eigenvalue weighted by molar-refractivity contribution is 0.0976. The number of carbonyl (C=O) groups is 2. The van der Waals surface area contributed by atoms with Crippen LogP contribution in [0.5, 0.6) is 0 Å². The highest BCUT2D eigenvalue weighted by molar-refractivity contribution is 7.80. The molecule has 186 valence electrons. The minimum absolute atomic E-state index is 0.0326. The van der Waals surface area contributed by atoms with E-state index in [4.69, 9.17) is 12.2 Å². The van der Waals surface area contributed by atoms with Gasteiger partial charge in [-0.2, -0.15) is 0 Å². The fraction of sp³-hybridized carbons (Fsp3) is 0.129. The molecular formula is C31H29N3O2S. The molecule has 0 unspecified atom stereocenters. The van der Waals surface area contributed by atoms with Crippen LogP contribution in [0.3, 0.4) is 0 Å². The first-order valence-electron chi connectivity index (χ1n) is 12.0. The van der Waals surface area contributed by atoms with Crippen LogP contribution in [0.25, 0.3) is 11.1 Å². The van der Waals surface area contributed by atoms with Crippen LogP contribution in [0.1, 0.15) is 47.1 Å². The Morgan fingerprint density at radius 1 is 0.595 bits per heavy atom. The number of thiocarbonyl (C=S) groups is 1. The van der Waals surface area contributed by atoms with Crippen molar-refractivity contribution in [2.24, 2.45) is 0 Å². The molecule has 0 aromatic heterocycles. The molecule has 6 heteroatoms. The second-order valence-corrected chi connectivity index (χ2v) is 10.1. The minimum atomic E-state index is -0.293. The van der Waals surface area contributed by atoms with Crippen LogP contribution in [0.15, 0.2) is 103 Å². The smallest absolute Gasteiger partial charge is 0.257 e. The number of nitrogens with one attached hydrogen (secondary N) is 3. The van der Waals surface area contributed by atoms with Gasteiger partial charge in [-0.3, -0.25) is 14.9 Å². The van der Waals surface area contributed by atoms with Crippen LogP contribution < -0.4 is 16.0 Å². The maximum Gasteiger partial charge on any atom is 0.257 e. The molecule has 2 amide bonds. The summed E-state index contributed by atoms with van der Waals surface area (Å²) in [5.74, 6) is -0.472. The second kappa shape index (κ2) is 11.2. The Morgan fingerprint density at radius 2 is 1.08 bits per heavy atom.